The summed E-state index contributed by atoms with van der Waals surface area (Å²) in [7, 11) is 29.8. The Bertz CT molecular complexity index is 125. The summed E-state index contributed by atoms with van der Waals surface area (Å²) >= 11 is -3.83. The first-order valence-electron chi connectivity index (χ1n) is 2.80. The third-order valence-corrected chi connectivity index (χ3v) is 0.556. The van der Waals surface area contributed by atoms with Gasteiger partial charge in [0, 0.05) is 0 Å². The van der Waals surface area contributed by atoms with Crippen LogP contribution in [-0.2, 0) is 29.4 Å². The Morgan fingerprint density at radius 2 is 1.15 bits per heavy atom. The van der Waals surface area contributed by atoms with E-state index >= 15 is 0 Å². The van der Waals surface area contributed by atoms with Gasteiger partial charge in [-0.15, -0.1) is 0 Å². The molecule has 0 N–H and O–H groups in total. The Morgan fingerprint density at radius 1 is 0.923 bits per heavy atom. The zero-order valence-corrected chi connectivity index (χ0v) is 13.8. The van der Waals surface area contributed by atoms with Crippen LogP contribution in [0.2, 0.25) is 0 Å². The van der Waals surface area contributed by atoms with Gasteiger partial charge in [0.2, 0.25) is 0 Å². The average molecular weight is 374 g/mol. The van der Waals surface area contributed by atoms with Crippen molar-refractivity contribution in [2.24, 2.45) is 0 Å². The maximum atomic E-state index is 4.97. The van der Waals surface area contributed by atoms with Crippen molar-refractivity contribution >= 4 is 55.8 Å². The molecular formula is C5H5Cl6Ti2. The van der Waals surface area contributed by atoms with E-state index in [1.165, 1.54) is 0 Å². The number of halogens is 6. The zero-order valence-electron chi connectivity index (χ0n) is 6.15. The quantitative estimate of drug-likeness (QED) is 0.414. The van der Waals surface area contributed by atoms with Crippen LogP contribution >= 0.6 is 55.8 Å². The molecule has 1 aromatic carbocycles. The average Bonchev–Trinajstić information content (AvgIpc) is 2.35. The molecule has 0 saturated heterocycles. The van der Waals surface area contributed by atoms with Gasteiger partial charge in [0.05, 0.1) is 0 Å². The molecule has 0 atom stereocenters. The van der Waals surface area contributed by atoms with Crippen molar-refractivity contribution in [3.05, 3.63) is 30.3 Å². The summed E-state index contributed by atoms with van der Waals surface area (Å²) in [4.78, 5) is 0. The first-order chi connectivity index (χ1) is 5.96. The van der Waals surface area contributed by atoms with Crippen molar-refractivity contribution in [3.8, 4) is 0 Å². The summed E-state index contributed by atoms with van der Waals surface area (Å²) in [6.45, 7) is 0. The van der Waals surface area contributed by atoms with E-state index in [-0.39, 0.29) is 0 Å². The fourth-order valence-corrected chi connectivity index (χ4v) is 0.321. The molecule has 0 aliphatic carbocycles. The second-order valence-electron chi connectivity index (χ2n) is 1.39. The third-order valence-electron chi connectivity index (χ3n) is 0.556. The third kappa shape index (κ3) is 40.2. The number of rotatable bonds is 0. The second kappa shape index (κ2) is 14.5. The zero-order chi connectivity index (χ0) is 10.7. The van der Waals surface area contributed by atoms with Crippen LogP contribution in [0.25, 0.3) is 0 Å². The molecule has 0 amide bonds. The monoisotopic (exact) mass is 371 g/mol. The van der Waals surface area contributed by atoms with Gasteiger partial charge < -0.3 is 0 Å². The maximum Gasteiger partial charge on any atom is -0.172 e. The van der Waals surface area contributed by atoms with Crippen LogP contribution in [0.1, 0.15) is 0 Å². The molecule has 8 heteroatoms. The molecule has 0 saturated carbocycles. The van der Waals surface area contributed by atoms with E-state index in [9.17, 15) is 0 Å². The van der Waals surface area contributed by atoms with Gasteiger partial charge in [0.1, 0.15) is 0 Å². The fourth-order valence-electron chi connectivity index (χ4n) is 0.321. The van der Waals surface area contributed by atoms with Gasteiger partial charge in [-0.3, -0.25) is 0 Å². The predicted molar refractivity (Wildman–Crippen MR) is 57.2 cm³/mol. The van der Waals surface area contributed by atoms with Crippen molar-refractivity contribution < 1.29 is 29.4 Å². The molecule has 0 aliphatic rings. The molecule has 0 unspecified atom stereocenters. The van der Waals surface area contributed by atoms with E-state index in [1.807, 2.05) is 30.3 Å². The Morgan fingerprint density at radius 3 is 1.23 bits per heavy atom. The summed E-state index contributed by atoms with van der Waals surface area (Å²) < 4.78 is 0. The summed E-state index contributed by atoms with van der Waals surface area (Å²) in [6, 6.07) is 10.0. The minimum Gasteiger partial charge on any atom is -0.214 e. The fraction of sp³-hybridized carbons (Fsp3) is 0. The molecule has 0 heterocycles. The van der Waals surface area contributed by atoms with Crippen LogP contribution in [0.4, 0.5) is 0 Å². The van der Waals surface area contributed by atoms with Crippen molar-refractivity contribution in [3.63, 3.8) is 0 Å². The molecule has 0 aromatic heterocycles. The van der Waals surface area contributed by atoms with Gasteiger partial charge in [-0.25, -0.2) is 12.1 Å². The van der Waals surface area contributed by atoms with Gasteiger partial charge >= 0.3 is 85.2 Å². The SMILES string of the molecule is [Cl][Ti+]([Cl])[Cl].[Cl][Ti]([Cl])[Cl].c1cc[cH-]c1. The van der Waals surface area contributed by atoms with E-state index in [0.29, 0.717) is 0 Å². The first kappa shape index (κ1) is 17.9. The van der Waals surface area contributed by atoms with Crippen molar-refractivity contribution in [2.75, 3.05) is 0 Å². The van der Waals surface area contributed by atoms with Gasteiger partial charge in [0.15, 0.2) is 0 Å². The van der Waals surface area contributed by atoms with E-state index in [4.69, 9.17) is 55.8 Å². The molecule has 0 nitrogen and oxygen atoms in total. The molecule has 75 valence electrons. The van der Waals surface area contributed by atoms with E-state index in [2.05, 4.69) is 0 Å². The van der Waals surface area contributed by atoms with E-state index < -0.39 is 29.4 Å². The van der Waals surface area contributed by atoms with Crippen LogP contribution in [0.15, 0.2) is 30.3 Å². The van der Waals surface area contributed by atoms with E-state index in [0.717, 1.165) is 0 Å². The second-order valence-corrected chi connectivity index (χ2v) is 16.9. The molecule has 0 aliphatic heterocycles. The number of hydrogen-bond acceptors (Lipinski definition) is 0. The Balaban J connectivity index is 0. The minimum absolute atomic E-state index is 1.92. The molecule has 1 aromatic rings. The van der Waals surface area contributed by atoms with Crippen molar-refractivity contribution in [2.45, 2.75) is 0 Å². The molecule has 0 bridgehead atoms. The summed E-state index contributed by atoms with van der Waals surface area (Å²) in [5.41, 5.74) is 0. The summed E-state index contributed by atoms with van der Waals surface area (Å²) in [5, 5.41) is 0. The van der Waals surface area contributed by atoms with Crippen LogP contribution in [0, 0.1) is 0 Å². The predicted octanol–water partition coefficient (Wildman–Crippen LogP) is 5.54. The Hall–Kier alpha value is 2.52. The molecule has 1 rings (SSSR count). The van der Waals surface area contributed by atoms with Gasteiger partial charge in [-0.05, 0) is 0 Å². The summed E-state index contributed by atoms with van der Waals surface area (Å²) in [6.07, 6.45) is 0. The largest absolute Gasteiger partial charge is 0.214 e. The van der Waals surface area contributed by atoms with Gasteiger partial charge in [0.25, 0.3) is 0 Å². The topological polar surface area (TPSA) is 0 Å². The Kier molecular flexibility index (Phi) is 20.0. The van der Waals surface area contributed by atoms with E-state index in [1.54, 1.807) is 0 Å². The minimum atomic E-state index is -1.92. The molecule has 13 heavy (non-hydrogen) atoms. The van der Waals surface area contributed by atoms with Gasteiger partial charge in [-0.1, -0.05) is 0 Å². The molecule has 0 radical (unpaired) electrons. The first-order valence-corrected chi connectivity index (χ1v) is 15.7. The molecule has 0 fully saturated rings. The normalized spacial score (nSPS) is 7.23. The van der Waals surface area contributed by atoms with Crippen LogP contribution in [0.5, 0.6) is 0 Å². The van der Waals surface area contributed by atoms with Crippen molar-refractivity contribution in [1.82, 2.24) is 0 Å². The van der Waals surface area contributed by atoms with Crippen LogP contribution < -0.4 is 0 Å². The Labute approximate surface area is 114 Å². The van der Waals surface area contributed by atoms with Gasteiger partial charge in [-0.2, -0.15) is 18.2 Å². The van der Waals surface area contributed by atoms with Crippen LogP contribution in [0.3, 0.4) is 0 Å². The molecular weight excluding hydrogens is 369 g/mol. The maximum absolute atomic E-state index is 4.97. The smallest absolute Gasteiger partial charge is 0.172 e. The van der Waals surface area contributed by atoms with Crippen molar-refractivity contribution in [1.29, 1.82) is 0 Å². The van der Waals surface area contributed by atoms with Crippen LogP contribution in [-0.4, -0.2) is 0 Å². The number of hydrogen-bond donors (Lipinski definition) is 0. The summed E-state index contributed by atoms with van der Waals surface area (Å²) in [5.74, 6) is 0. The standard InChI is InChI=1S/C5H5.6ClH.2Ti/c1-2-4-5-3-1;;;;;;;;/h1-5H;6*1H;;/q-1;;;;;;;+3;+4/p-6. The molecule has 0 spiro atoms.